The highest BCUT2D eigenvalue weighted by atomic mass is 79.9. The summed E-state index contributed by atoms with van der Waals surface area (Å²) in [5, 5.41) is 0. The summed E-state index contributed by atoms with van der Waals surface area (Å²) in [6.45, 7) is 3.22. The first-order chi connectivity index (χ1) is 7.27. The van der Waals surface area contributed by atoms with E-state index in [1.165, 1.54) is 0 Å². The maximum Gasteiger partial charge on any atom is 0.123 e. The van der Waals surface area contributed by atoms with Crippen LogP contribution < -0.4 is 10.5 Å². The molecule has 0 unspecified atom stereocenters. The lowest BCUT2D eigenvalue weighted by molar-refractivity contribution is 0.358. The van der Waals surface area contributed by atoms with Gasteiger partial charge in [-0.15, -0.1) is 0 Å². The van der Waals surface area contributed by atoms with E-state index in [0.29, 0.717) is 13.2 Å². The molecule has 0 bridgehead atoms. The second kappa shape index (κ2) is 6.64. The van der Waals surface area contributed by atoms with Crippen LogP contribution in [0, 0.1) is 0 Å². The molecule has 2 N–H and O–H groups in total. The zero-order valence-electron chi connectivity index (χ0n) is 8.87. The lowest BCUT2D eigenvalue weighted by atomic mass is 10.1. The average molecular weight is 270 g/mol. The van der Waals surface area contributed by atoms with Crippen molar-refractivity contribution in [1.82, 2.24) is 0 Å². The molecule has 0 amide bonds. The smallest absolute Gasteiger partial charge is 0.123 e. The number of hydrogen-bond donors (Lipinski definition) is 1. The lowest BCUT2D eigenvalue weighted by Gasteiger charge is -2.09. The Balaban J connectivity index is 2.75. The third kappa shape index (κ3) is 4.06. The largest absolute Gasteiger partial charge is 0.489 e. The molecular weight excluding hydrogens is 254 g/mol. The molecule has 0 saturated heterocycles. The summed E-state index contributed by atoms with van der Waals surface area (Å²) in [6, 6.07) is 6.00. The highest BCUT2D eigenvalue weighted by molar-refractivity contribution is 9.10. The molecule has 0 aromatic heterocycles. The first-order valence-corrected chi connectivity index (χ1v) is 5.79. The van der Waals surface area contributed by atoms with Gasteiger partial charge in [0, 0.05) is 4.47 Å². The average Bonchev–Trinajstić information content (AvgIpc) is 2.22. The number of allylic oxidation sites excluding steroid dienone is 1. The second-order valence-electron chi connectivity index (χ2n) is 3.17. The summed E-state index contributed by atoms with van der Waals surface area (Å²) >= 11 is 3.44. The predicted octanol–water partition coefficient (Wildman–Crippen LogP) is 2.91. The Labute approximate surface area is 99.3 Å². The monoisotopic (exact) mass is 269 g/mol. The standard InChI is InChI=1S/C12H16BrNO/c1-2-3-8-15-12-5-4-11(13)9-10(12)6-7-14/h2-5,9H,6-8,14H2,1H3/b3-2+. The summed E-state index contributed by atoms with van der Waals surface area (Å²) in [4.78, 5) is 0. The highest BCUT2D eigenvalue weighted by Gasteiger charge is 2.02. The van der Waals surface area contributed by atoms with Crippen molar-refractivity contribution < 1.29 is 4.74 Å². The van der Waals surface area contributed by atoms with E-state index in [1.54, 1.807) is 0 Å². The van der Waals surface area contributed by atoms with Crippen molar-refractivity contribution in [2.75, 3.05) is 13.2 Å². The SMILES string of the molecule is C/C=C/COc1ccc(Br)cc1CCN. The van der Waals surface area contributed by atoms with Gasteiger partial charge in [-0.1, -0.05) is 28.1 Å². The third-order valence-corrected chi connectivity index (χ3v) is 2.50. The molecule has 0 saturated carbocycles. The van der Waals surface area contributed by atoms with Crippen LogP contribution in [-0.2, 0) is 6.42 Å². The Bertz CT molecular complexity index is 336. The fourth-order valence-electron chi connectivity index (χ4n) is 1.27. The first-order valence-electron chi connectivity index (χ1n) is 5.00. The van der Waals surface area contributed by atoms with Crippen molar-refractivity contribution in [3.8, 4) is 5.75 Å². The van der Waals surface area contributed by atoms with E-state index < -0.39 is 0 Å². The molecule has 0 aliphatic heterocycles. The second-order valence-corrected chi connectivity index (χ2v) is 4.09. The molecule has 1 rings (SSSR count). The van der Waals surface area contributed by atoms with E-state index in [-0.39, 0.29) is 0 Å². The fraction of sp³-hybridized carbons (Fsp3) is 0.333. The van der Waals surface area contributed by atoms with Gasteiger partial charge in [-0.3, -0.25) is 0 Å². The molecule has 0 spiro atoms. The van der Waals surface area contributed by atoms with Crippen LogP contribution in [0.4, 0.5) is 0 Å². The Kier molecular flexibility index (Phi) is 5.43. The summed E-state index contributed by atoms with van der Waals surface area (Å²) < 4.78 is 6.68. The van der Waals surface area contributed by atoms with E-state index in [9.17, 15) is 0 Å². The van der Waals surface area contributed by atoms with Gasteiger partial charge in [-0.2, -0.15) is 0 Å². The van der Waals surface area contributed by atoms with Crippen molar-refractivity contribution in [1.29, 1.82) is 0 Å². The van der Waals surface area contributed by atoms with Crippen LogP contribution >= 0.6 is 15.9 Å². The molecule has 0 heterocycles. The molecular formula is C12H16BrNO. The molecule has 82 valence electrons. The minimum atomic E-state index is 0.607. The summed E-state index contributed by atoms with van der Waals surface area (Å²) in [5.74, 6) is 0.918. The minimum Gasteiger partial charge on any atom is -0.489 e. The Morgan fingerprint density at radius 1 is 1.47 bits per heavy atom. The molecule has 0 aliphatic carbocycles. The number of ether oxygens (including phenoxy) is 1. The molecule has 15 heavy (non-hydrogen) atoms. The van der Waals surface area contributed by atoms with Crippen LogP contribution in [0.2, 0.25) is 0 Å². The van der Waals surface area contributed by atoms with Gasteiger partial charge >= 0.3 is 0 Å². The topological polar surface area (TPSA) is 35.2 Å². The van der Waals surface area contributed by atoms with E-state index in [4.69, 9.17) is 10.5 Å². The maximum atomic E-state index is 5.62. The van der Waals surface area contributed by atoms with E-state index in [0.717, 1.165) is 22.2 Å². The van der Waals surface area contributed by atoms with Crippen LogP contribution in [0.25, 0.3) is 0 Å². The number of benzene rings is 1. The van der Waals surface area contributed by atoms with Gasteiger partial charge in [0.1, 0.15) is 12.4 Å². The Morgan fingerprint density at radius 3 is 2.93 bits per heavy atom. The van der Waals surface area contributed by atoms with Gasteiger partial charge in [-0.25, -0.2) is 0 Å². The number of nitrogens with two attached hydrogens (primary N) is 1. The number of hydrogen-bond acceptors (Lipinski definition) is 2. The number of halogens is 1. The van der Waals surface area contributed by atoms with Crippen LogP contribution in [0.5, 0.6) is 5.75 Å². The molecule has 1 aromatic rings. The van der Waals surface area contributed by atoms with Gasteiger partial charge < -0.3 is 10.5 Å². The van der Waals surface area contributed by atoms with E-state index >= 15 is 0 Å². The predicted molar refractivity (Wildman–Crippen MR) is 67.2 cm³/mol. The van der Waals surface area contributed by atoms with Gasteiger partial charge in [0.15, 0.2) is 0 Å². The maximum absolute atomic E-state index is 5.62. The molecule has 3 heteroatoms. The fourth-order valence-corrected chi connectivity index (χ4v) is 1.68. The van der Waals surface area contributed by atoms with Crippen LogP contribution in [-0.4, -0.2) is 13.2 Å². The van der Waals surface area contributed by atoms with Gasteiger partial charge in [0.25, 0.3) is 0 Å². The highest BCUT2D eigenvalue weighted by Crippen LogP contribution is 2.23. The van der Waals surface area contributed by atoms with Gasteiger partial charge in [0.05, 0.1) is 0 Å². The molecule has 1 aromatic carbocycles. The van der Waals surface area contributed by atoms with E-state index in [2.05, 4.69) is 22.0 Å². The molecule has 2 nitrogen and oxygen atoms in total. The Hall–Kier alpha value is -0.800. The molecule has 0 fully saturated rings. The van der Waals surface area contributed by atoms with Gasteiger partial charge in [-0.05, 0) is 43.7 Å². The lowest BCUT2D eigenvalue weighted by Crippen LogP contribution is -2.05. The molecule has 0 radical (unpaired) electrons. The van der Waals surface area contributed by atoms with Crippen molar-refractivity contribution in [3.05, 3.63) is 40.4 Å². The quantitative estimate of drug-likeness (QED) is 0.835. The molecule has 0 aliphatic rings. The zero-order chi connectivity index (χ0) is 11.1. The van der Waals surface area contributed by atoms with Crippen LogP contribution in [0.15, 0.2) is 34.8 Å². The minimum absolute atomic E-state index is 0.607. The van der Waals surface area contributed by atoms with E-state index in [1.807, 2.05) is 31.2 Å². The summed E-state index contributed by atoms with van der Waals surface area (Å²) in [6.07, 6.45) is 4.79. The van der Waals surface area contributed by atoms with Crippen LogP contribution in [0.1, 0.15) is 12.5 Å². The van der Waals surface area contributed by atoms with Crippen molar-refractivity contribution >= 4 is 15.9 Å². The first kappa shape index (κ1) is 12.3. The van der Waals surface area contributed by atoms with Crippen molar-refractivity contribution in [3.63, 3.8) is 0 Å². The van der Waals surface area contributed by atoms with Crippen molar-refractivity contribution in [2.24, 2.45) is 5.73 Å². The zero-order valence-corrected chi connectivity index (χ0v) is 10.5. The number of rotatable bonds is 5. The Morgan fingerprint density at radius 2 is 2.27 bits per heavy atom. The van der Waals surface area contributed by atoms with Crippen molar-refractivity contribution in [2.45, 2.75) is 13.3 Å². The summed E-state index contributed by atoms with van der Waals surface area (Å²) in [5.41, 5.74) is 6.70. The molecule has 0 atom stereocenters. The van der Waals surface area contributed by atoms with Crippen LogP contribution in [0.3, 0.4) is 0 Å². The summed E-state index contributed by atoms with van der Waals surface area (Å²) in [7, 11) is 0. The third-order valence-electron chi connectivity index (χ3n) is 2.01. The van der Waals surface area contributed by atoms with Gasteiger partial charge in [0.2, 0.25) is 0 Å². The normalized spacial score (nSPS) is 10.9.